The van der Waals surface area contributed by atoms with Gasteiger partial charge in [-0.25, -0.2) is 0 Å². The minimum Gasteiger partial charge on any atom is -0.403 e. The third-order valence-corrected chi connectivity index (χ3v) is 10.7. The topological polar surface area (TPSA) is 66.9 Å². The summed E-state index contributed by atoms with van der Waals surface area (Å²) in [5.74, 6) is -1.23. The number of hydrogen-bond acceptors (Lipinski definition) is 4. The first-order valence-electron chi connectivity index (χ1n) is 14.6. The van der Waals surface area contributed by atoms with Gasteiger partial charge in [-0.2, -0.15) is 0 Å². The Bertz CT molecular complexity index is 1590. The maximum Gasteiger partial charge on any atom is 0.262 e. The van der Waals surface area contributed by atoms with E-state index in [9.17, 15) is 14.4 Å². The van der Waals surface area contributed by atoms with Crippen molar-refractivity contribution in [2.24, 2.45) is 5.41 Å². The molecular weight excluding hydrogens is 552 g/mol. The van der Waals surface area contributed by atoms with E-state index in [1.807, 2.05) is 31.2 Å². The van der Waals surface area contributed by atoms with Crippen LogP contribution >= 0.6 is 0 Å². The number of carbonyl (C=O) groups is 3. The second kappa shape index (κ2) is 12.1. The summed E-state index contributed by atoms with van der Waals surface area (Å²) in [5.41, 5.74) is 4.19. The molecule has 6 nitrogen and oxygen atoms in total. The number of rotatable bonds is 8. The Hall–Kier alpha value is -4.33. The number of benzene rings is 4. The Kier molecular flexibility index (Phi) is 8.49. The summed E-state index contributed by atoms with van der Waals surface area (Å²) < 4.78 is 7.24. The van der Waals surface area contributed by atoms with E-state index in [-0.39, 0.29) is 24.0 Å². The van der Waals surface area contributed by atoms with Gasteiger partial charge in [-0.15, -0.1) is 0 Å². The molecule has 0 N–H and O–H groups in total. The smallest absolute Gasteiger partial charge is 0.262 e. The van der Waals surface area contributed by atoms with Gasteiger partial charge in [-0.1, -0.05) is 99.6 Å². The van der Waals surface area contributed by atoms with Gasteiger partial charge >= 0.3 is 0 Å². The normalized spacial score (nSPS) is 13.8. The highest BCUT2D eigenvalue weighted by Gasteiger charge is 2.38. The fourth-order valence-electron chi connectivity index (χ4n) is 5.82. The van der Waals surface area contributed by atoms with Gasteiger partial charge in [0.1, 0.15) is 6.54 Å². The van der Waals surface area contributed by atoms with E-state index in [2.05, 4.69) is 76.2 Å². The van der Waals surface area contributed by atoms with Gasteiger partial charge in [0.25, 0.3) is 11.8 Å². The third kappa shape index (κ3) is 5.96. The first-order valence-corrected chi connectivity index (χ1v) is 16.2. The van der Waals surface area contributed by atoms with Crippen LogP contribution in [0.25, 0.3) is 0 Å². The molecule has 1 aliphatic heterocycles. The molecule has 43 heavy (non-hydrogen) atoms. The highest BCUT2D eigenvalue weighted by atomic mass is 28.3. The lowest BCUT2D eigenvalue weighted by atomic mass is 9.81. The maximum absolute atomic E-state index is 13.6. The van der Waals surface area contributed by atoms with Crippen LogP contribution in [0.15, 0.2) is 97.1 Å². The quantitative estimate of drug-likeness (QED) is 0.209. The molecule has 5 rings (SSSR count). The monoisotopic (exact) mass is 590 g/mol. The lowest BCUT2D eigenvalue weighted by Crippen LogP contribution is -2.47. The van der Waals surface area contributed by atoms with Gasteiger partial charge in [-0.05, 0) is 64.5 Å². The van der Waals surface area contributed by atoms with Crippen LogP contribution in [0.4, 0.5) is 5.69 Å². The predicted molar refractivity (Wildman–Crippen MR) is 174 cm³/mol. The van der Waals surface area contributed by atoms with Gasteiger partial charge in [0.15, 0.2) is 0 Å². The largest absolute Gasteiger partial charge is 0.403 e. The number of hydrogen-bond donors (Lipinski definition) is 0. The summed E-state index contributed by atoms with van der Waals surface area (Å²) in [6.07, 6.45) is -0.260. The average Bonchev–Trinajstić information content (AvgIpc) is 3.23. The molecule has 1 atom stereocenters. The first kappa shape index (κ1) is 30.1. The molecule has 0 aliphatic carbocycles. The second-order valence-electron chi connectivity index (χ2n) is 12.2. The van der Waals surface area contributed by atoms with E-state index < -0.39 is 20.9 Å². The van der Waals surface area contributed by atoms with Crippen LogP contribution in [0, 0.1) is 19.3 Å². The molecule has 4 aromatic rings. The van der Waals surface area contributed by atoms with Gasteiger partial charge in [0.2, 0.25) is 14.9 Å². The third-order valence-electron chi connectivity index (χ3n) is 8.14. The summed E-state index contributed by atoms with van der Waals surface area (Å²) in [6, 6.07) is 31.5. The van der Waals surface area contributed by atoms with Crippen molar-refractivity contribution in [1.29, 1.82) is 0 Å². The predicted octanol–water partition coefficient (Wildman–Crippen LogP) is 5.20. The van der Waals surface area contributed by atoms with Crippen molar-refractivity contribution in [2.45, 2.75) is 40.7 Å². The highest BCUT2D eigenvalue weighted by molar-refractivity contribution is 6.80. The molecule has 1 unspecified atom stereocenters. The zero-order valence-corrected chi connectivity index (χ0v) is 26.8. The van der Waals surface area contributed by atoms with Crippen LogP contribution in [-0.2, 0) is 9.22 Å². The van der Waals surface area contributed by atoms with Crippen LogP contribution in [0.3, 0.4) is 0 Å². The number of carbonyl (C=O) groups excluding carboxylic acids is 3. The molecule has 1 heterocycles. The molecule has 0 radical (unpaired) electrons. The number of imide groups is 1. The van der Waals surface area contributed by atoms with E-state index in [4.69, 9.17) is 4.43 Å². The number of nitrogens with zero attached hydrogens (tertiary/aromatic N) is 2. The van der Waals surface area contributed by atoms with Crippen molar-refractivity contribution in [2.75, 3.05) is 18.5 Å². The van der Waals surface area contributed by atoms with Crippen LogP contribution < -0.4 is 15.3 Å². The number of fused-ring (bicyclic) bond motifs is 1. The van der Waals surface area contributed by atoms with Crippen molar-refractivity contribution in [3.05, 3.63) is 125 Å². The summed E-state index contributed by atoms with van der Waals surface area (Å²) in [7, 11) is -0.411. The Morgan fingerprint density at radius 2 is 1.28 bits per heavy atom. The fourth-order valence-corrected chi connectivity index (χ4v) is 8.48. The zero-order valence-electron chi connectivity index (χ0n) is 25.6. The number of amides is 3. The molecule has 0 spiro atoms. The summed E-state index contributed by atoms with van der Waals surface area (Å²) >= 11 is 0. The molecule has 1 aliphatic rings. The number of aryl methyl sites for hydroxylation is 1. The maximum atomic E-state index is 13.6. The Balaban J connectivity index is 1.48. The van der Waals surface area contributed by atoms with Crippen molar-refractivity contribution in [1.82, 2.24) is 4.90 Å². The minimum absolute atomic E-state index is 0.258. The van der Waals surface area contributed by atoms with Crippen LogP contribution in [0.1, 0.15) is 64.3 Å². The fraction of sp³-hybridized carbons (Fsp3) is 0.250. The minimum atomic E-state index is -2.11. The van der Waals surface area contributed by atoms with E-state index >= 15 is 0 Å². The van der Waals surface area contributed by atoms with Gasteiger partial charge < -0.3 is 9.33 Å². The molecule has 4 aromatic carbocycles. The highest BCUT2D eigenvalue weighted by Crippen LogP contribution is 2.42. The summed E-state index contributed by atoms with van der Waals surface area (Å²) in [6.45, 7) is 10.3. The van der Waals surface area contributed by atoms with Gasteiger partial charge in [0.05, 0.1) is 17.2 Å². The number of anilines is 1. The summed E-state index contributed by atoms with van der Waals surface area (Å²) in [4.78, 5) is 42.0. The van der Waals surface area contributed by atoms with E-state index in [1.165, 1.54) is 10.4 Å². The molecule has 0 saturated carbocycles. The van der Waals surface area contributed by atoms with Crippen LogP contribution in [-0.4, -0.2) is 45.3 Å². The van der Waals surface area contributed by atoms with Crippen molar-refractivity contribution in [3.8, 4) is 0 Å². The average molecular weight is 591 g/mol. The van der Waals surface area contributed by atoms with Gasteiger partial charge in [0, 0.05) is 12.7 Å². The first-order chi connectivity index (χ1) is 20.5. The zero-order chi connectivity index (χ0) is 30.9. The van der Waals surface area contributed by atoms with Crippen molar-refractivity contribution in [3.63, 3.8) is 0 Å². The van der Waals surface area contributed by atoms with Gasteiger partial charge in [-0.3, -0.25) is 19.3 Å². The Labute approximate surface area is 255 Å². The van der Waals surface area contributed by atoms with Crippen LogP contribution in [0.5, 0.6) is 0 Å². The molecule has 3 amide bonds. The summed E-state index contributed by atoms with van der Waals surface area (Å²) in [5, 5.41) is 2.39. The van der Waals surface area contributed by atoms with E-state index in [0.29, 0.717) is 11.1 Å². The lowest BCUT2D eigenvalue weighted by Gasteiger charge is -2.37. The molecule has 220 valence electrons. The molecule has 0 aromatic heterocycles. The molecule has 0 bridgehead atoms. The molecule has 0 saturated heterocycles. The number of likely N-dealkylation sites (N-methyl/N-ethyl adjacent to an activating group) is 1. The van der Waals surface area contributed by atoms with Crippen molar-refractivity contribution >= 4 is 42.8 Å². The van der Waals surface area contributed by atoms with Crippen LogP contribution in [0.2, 0.25) is 0 Å². The van der Waals surface area contributed by atoms with E-state index in [0.717, 1.165) is 27.3 Å². The van der Waals surface area contributed by atoms with E-state index in [1.54, 1.807) is 36.2 Å². The Morgan fingerprint density at radius 1 is 0.791 bits per heavy atom. The lowest BCUT2D eigenvalue weighted by molar-refractivity contribution is -0.118. The Morgan fingerprint density at radius 3 is 1.77 bits per heavy atom. The molecule has 0 fully saturated rings. The SMILES string of the molecule is Cc1ccc(N(C)C(=O)CN2C(=O)c3ccccc3C2=O)c(C)c1C(O[SiH](c1ccccc1)c1ccccc1)C(C)(C)C. The molecular formula is C36H38N2O4Si. The second-order valence-corrected chi connectivity index (χ2v) is 14.6. The standard InChI is InChI=1S/C36H38N2O4Si/c1-24-21-22-30(37(6)31(39)23-38-34(40)28-19-13-14-20-29(28)35(38)41)25(2)32(24)33(36(3,4)5)42-43(26-15-9-7-10-16-26)27-17-11-8-12-18-27/h7-22,33,43H,23H2,1-6H3. The van der Waals surface area contributed by atoms with Crippen molar-refractivity contribution < 1.29 is 18.8 Å². The molecule has 7 heteroatoms.